The van der Waals surface area contributed by atoms with E-state index in [9.17, 15) is 4.79 Å². The number of hydrogen-bond donors (Lipinski definition) is 1. The van der Waals surface area contributed by atoms with Crippen molar-refractivity contribution >= 4 is 30.7 Å². The molecular formula is C18H35Cl2N3O2. The second-order valence-electron chi connectivity index (χ2n) is 7.61. The molecule has 3 heterocycles. The molecule has 0 aromatic heterocycles. The third-order valence-electron chi connectivity index (χ3n) is 6.05. The Morgan fingerprint density at radius 3 is 2.44 bits per heavy atom. The third-order valence-corrected chi connectivity index (χ3v) is 6.05. The first-order valence-corrected chi connectivity index (χ1v) is 9.46. The van der Waals surface area contributed by atoms with Gasteiger partial charge >= 0.3 is 0 Å². The maximum Gasteiger partial charge on any atom is 0.222 e. The highest BCUT2D eigenvalue weighted by atomic mass is 35.5. The number of amides is 1. The van der Waals surface area contributed by atoms with E-state index >= 15 is 0 Å². The molecule has 7 heteroatoms. The number of fused-ring (bicyclic) bond motifs is 2. The molecule has 0 spiro atoms. The third kappa shape index (κ3) is 5.96. The van der Waals surface area contributed by atoms with E-state index in [1.54, 1.807) is 7.11 Å². The van der Waals surface area contributed by atoms with Gasteiger partial charge in [0.25, 0.3) is 0 Å². The number of methoxy groups -OCH3 is 1. The fourth-order valence-electron chi connectivity index (χ4n) is 4.73. The van der Waals surface area contributed by atoms with Crippen LogP contribution < -0.4 is 5.32 Å². The Balaban J connectivity index is 0.00000156. The number of piperazine rings is 1. The Morgan fingerprint density at radius 1 is 1.16 bits per heavy atom. The van der Waals surface area contributed by atoms with E-state index in [-0.39, 0.29) is 24.8 Å². The van der Waals surface area contributed by atoms with Crippen molar-refractivity contribution in [3.63, 3.8) is 0 Å². The Bertz CT molecular complexity index is 402. The minimum absolute atomic E-state index is 0. The normalized spacial score (nSPS) is 32.0. The van der Waals surface area contributed by atoms with E-state index in [2.05, 4.69) is 22.0 Å². The molecule has 1 amide bonds. The van der Waals surface area contributed by atoms with Crippen LogP contribution in [-0.4, -0.2) is 73.7 Å². The van der Waals surface area contributed by atoms with Crippen LogP contribution in [0.3, 0.4) is 0 Å². The second-order valence-corrected chi connectivity index (χ2v) is 7.61. The minimum atomic E-state index is 0. The predicted molar refractivity (Wildman–Crippen MR) is 106 cm³/mol. The molecule has 0 radical (unpaired) electrons. The topological polar surface area (TPSA) is 44.8 Å². The molecule has 0 aromatic carbocycles. The van der Waals surface area contributed by atoms with Gasteiger partial charge in [0.05, 0.1) is 6.61 Å². The lowest BCUT2D eigenvalue weighted by Crippen LogP contribution is -2.55. The summed E-state index contributed by atoms with van der Waals surface area (Å²) in [6.45, 7) is 6.76. The van der Waals surface area contributed by atoms with Gasteiger partial charge in [-0.05, 0) is 38.0 Å². The van der Waals surface area contributed by atoms with E-state index in [1.165, 1.54) is 25.7 Å². The summed E-state index contributed by atoms with van der Waals surface area (Å²) in [5.74, 6) is 0.994. The van der Waals surface area contributed by atoms with E-state index < -0.39 is 0 Å². The van der Waals surface area contributed by atoms with E-state index in [0.717, 1.165) is 45.6 Å². The largest absolute Gasteiger partial charge is 0.383 e. The van der Waals surface area contributed by atoms with Crippen LogP contribution in [0.2, 0.25) is 0 Å². The Hall–Kier alpha value is -0.0700. The molecule has 25 heavy (non-hydrogen) atoms. The van der Waals surface area contributed by atoms with Crippen LogP contribution in [0.25, 0.3) is 0 Å². The quantitative estimate of drug-likeness (QED) is 0.749. The molecule has 148 valence electrons. The molecule has 1 N–H and O–H groups in total. The molecule has 0 aliphatic carbocycles. The van der Waals surface area contributed by atoms with Crippen LogP contribution in [0.4, 0.5) is 0 Å². The van der Waals surface area contributed by atoms with E-state index in [1.807, 2.05) is 0 Å². The van der Waals surface area contributed by atoms with Crippen molar-refractivity contribution in [1.82, 2.24) is 15.1 Å². The second kappa shape index (κ2) is 10.9. The highest BCUT2D eigenvalue weighted by Gasteiger charge is 2.35. The van der Waals surface area contributed by atoms with Crippen LogP contribution >= 0.6 is 24.8 Å². The van der Waals surface area contributed by atoms with Gasteiger partial charge in [-0.25, -0.2) is 0 Å². The maximum atomic E-state index is 12.7. The first kappa shape index (κ1) is 23.0. The van der Waals surface area contributed by atoms with Crippen molar-refractivity contribution in [3.8, 4) is 0 Å². The number of carbonyl (C=O) groups excluding carboxylic acids is 1. The van der Waals surface area contributed by atoms with E-state index in [4.69, 9.17) is 4.74 Å². The maximum absolute atomic E-state index is 12.7. The van der Waals surface area contributed by atoms with Crippen molar-refractivity contribution in [2.45, 2.75) is 63.6 Å². The molecule has 5 nitrogen and oxygen atoms in total. The molecule has 3 unspecified atom stereocenters. The summed E-state index contributed by atoms with van der Waals surface area (Å²) >= 11 is 0. The van der Waals surface area contributed by atoms with Gasteiger partial charge < -0.3 is 15.0 Å². The molecule has 0 saturated carbocycles. The lowest BCUT2D eigenvalue weighted by molar-refractivity contribution is -0.135. The molecule has 3 saturated heterocycles. The van der Waals surface area contributed by atoms with Crippen molar-refractivity contribution in [2.75, 3.05) is 39.9 Å². The van der Waals surface area contributed by atoms with Gasteiger partial charge in [-0.3, -0.25) is 9.69 Å². The van der Waals surface area contributed by atoms with Gasteiger partial charge in [0.2, 0.25) is 5.91 Å². The number of nitrogens with one attached hydrogen (secondary N) is 1. The van der Waals surface area contributed by atoms with Gasteiger partial charge in [0.1, 0.15) is 0 Å². The first-order chi connectivity index (χ1) is 11.2. The predicted octanol–water partition coefficient (Wildman–Crippen LogP) is 2.32. The van der Waals surface area contributed by atoms with Crippen LogP contribution in [0.15, 0.2) is 0 Å². The summed E-state index contributed by atoms with van der Waals surface area (Å²) in [4.78, 5) is 17.4. The summed E-state index contributed by atoms with van der Waals surface area (Å²) in [7, 11) is 1.76. The van der Waals surface area contributed by atoms with Gasteiger partial charge in [-0.2, -0.15) is 0 Å². The van der Waals surface area contributed by atoms with Crippen molar-refractivity contribution < 1.29 is 9.53 Å². The fraction of sp³-hybridized carbons (Fsp3) is 0.944. The lowest BCUT2D eigenvalue weighted by atomic mass is 9.89. The number of rotatable bonds is 6. The summed E-state index contributed by atoms with van der Waals surface area (Å²) < 4.78 is 5.21. The van der Waals surface area contributed by atoms with Gasteiger partial charge in [-0.1, -0.05) is 6.92 Å². The summed E-state index contributed by atoms with van der Waals surface area (Å²) in [6, 6.07) is 1.86. The van der Waals surface area contributed by atoms with Crippen molar-refractivity contribution in [3.05, 3.63) is 0 Å². The molecule has 3 aliphatic heterocycles. The van der Waals surface area contributed by atoms with Crippen molar-refractivity contribution in [1.29, 1.82) is 0 Å². The number of nitrogens with zero attached hydrogens (tertiary/aromatic N) is 2. The standard InChI is InChI=1S/C18H33N3O2.2ClH/c1-3-17-13-21(7-6-20(17)8-9-23-2)18(22)12-14-10-15-4-5-16(11-14)19-15;;/h14-17,19H,3-13H2,1-2H3;2*1H. The summed E-state index contributed by atoms with van der Waals surface area (Å²) in [5, 5.41) is 3.67. The molecular weight excluding hydrogens is 361 g/mol. The monoisotopic (exact) mass is 395 g/mol. The number of ether oxygens (including phenoxy) is 1. The van der Waals surface area contributed by atoms with Crippen LogP contribution in [0.1, 0.15) is 45.4 Å². The zero-order valence-electron chi connectivity index (χ0n) is 15.6. The molecule has 3 rings (SSSR count). The summed E-state index contributed by atoms with van der Waals surface area (Å²) in [6.07, 6.45) is 6.89. The SMILES string of the molecule is CCC1CN(C(=O)CC2CC3CCC(C2)N3)CCN1CCOC.Cl.Cl. The van der Waals surface area contributed by atoms with Crippen LogP contribution in [0, 0.1) is 5.92 Å². The molecule has 3 aliphatic rings. The number of hydrogen-bond acceptors (Lipinski definition) is 4. The van der Waals surface area contributed by atoms with Crippen molar-refractivity contribution in [2.24, 2.45) is 5.92 Å². The average Bonchev–Trinajstić information content (AvgIpc) is 2.91. The van der Waals surface area contributed by atoms with E-state index in [0.29, 0.717) is 30.0 Å². The molecule has 0 aromatic rings. The molecule has 2 bridgehead atoms. The Morgan fingerprint density at radius 2 is 1.84 bits per heavy atom. The molecule has 3 fully saturated rings. The zero-order valence-corrected chi connectivity index (χ0v) is 17.2. The van der Waals surface area contributed by atoms with Gasteiger partial charge in [0.15, 0.2) is 0 Å². The minimum Gasteiger partial charge on any atom is -0.383 e. The Labute approximate surface area is 165 Å². The van der Waals surface area contributed by atoms with Crippen LogP contribution in [-0.2, 0) is 9.53 Å². The Kier molecular flexibility index (Phi) is 10.0. The number of piperidine rings is 1. The average molecular weight is 396 g/mol. The first-order valence-electron chi connectivity index (χ1n) is 9.46. The van der Waals surface area contributed by atoms with Crippen LogP contribution in [0.5, 0.6) is 0 Å². The summed E-state index contributed by atoms with van der Waals surface area (Å²) in [5.41, 5.74) is 0. The zero-order chi connectivity index (χ0) is 16.2. The fourth-order valence-corrected chi connectivity index (χ4v) is 4.73. The molecule has 3 atom stereocenters. The highest BCUT2D eigenvalue weighted by Crippen LogP contribution is 2.33. The smallest absolute Gasteiger partial charge is 0.222 e. The van der Waals surface area contributed by atoms with Gasteiger partial charge in [-0.15, -0.1) is 24.8 Å². The number of carbonyl (C=O) groups is 1. The highest BCUT2D eigenvalue weighted by molar-refractivity contribution is 5.85. The lowest BCUT2D eigenvalue weighted by Gasteiger charge is -2.41. The van der Waals surface area contributed by atoms with Gasteiger partial charge in [0, 0.05) is 57.8 Å². The number of halogens is 2.